The van der Waals surface area contributed by atoms with Crippen LogP contribution in [0.4, 0.5) is 17.6 Å². The Balaban J connectivity index is 0.868. The van der Waals surface area contributed by atoms with Crippen LogP contribution in [0.1, 0.15) is 72.1 Å². The molecule has 530 valence electrons. The molecule has 2 atom stereocenters. The molecule has 0 bridgehead atoms. The van der Waals surface area contributed by atoms with E-state index in [-0.39, 0.29) is 127 Å². The zero-order valence-corrected chi connectivity index (χ0v) is 54.5. The summed E-state index contributed by atoms with van der Waals surface area (Å²) in [5.74, 6) is -12.5. The molecule has 4 fully saturated rings. The fraction of sp³-hybridized carbons (Fsp3) is 0.507. The van der Waals surface area contributed by atoms with Crippen LogP contribution in [0, 0.1) is 28.6 Å². The van der Waals surface area contributed by atoms with Gasteiger partial charge in [-0.25, -0.2) is 17.6 Å². The van der Waals surface area contributed by atoms with Crippen molar-refractivity contribution in [3.63, 3.8) is 0 Å². The van der Waals surface area contributed by atoms with Crippen LogP contribution >= 0.6 is 0 Å². The van der Waals surface area contributed by atoms with Crippen molar-refractivity contribution in [2.24, 2.45) is 5.92 Å². The summed E-state index contributed by atoms with van der Waals surface area (Å²) in [5.41, 5.74) is 2.26. The molecule has 28 nitrogen and oxygen atoms in total. The van der Waals surface area contributed by atoms with Crippen LogP contribution in [-0.4, -0.2) is 274 Å². The Labute approximate surface area is 568 Å². The Kier molecular flexibility index (Phi) is 26.9. The van der Waals surface area contributed by atoms with E-state index in [0.29, 0.717) is 85.4 Å². The van der Waals surface area contributed by atoms with Crippen molar-refractivity contribution in [2.75, 3.05) is 131 Å². The lowest BCUT2D eigenvalue weighted by Crippen LogP contribution is -2.50. The highest BCUT2D eigenvalue weighted by molar-refractivity contribution is 6.03. The van der Waals surface area contributed by atoms with Gasteiger partial charge in [-0.3, -0.25) is 72.7 Å². The van der Waals surface area contributed by atoms with Crippen molar-refractivity contribution >= 4 is 53.4 Å². The number of halogens is 4. The highest BCUT2D eigenvalue weighted by atomic mass is 19.3. The summed E-state index contributed by atoms with van der Waals surface area (Å²) < 4.78 is 68.3. The Bertz CT molecular complexity index is 3400. The highest BCUT2D eigenvalue weighted by Crippen LogP contribution is 2.34. The molecule has 0 unspecified atom stereocenters. The number of carboxylic acids is 3. The fourth-order valence-electron chi connectivity index (χ4n) is 12.4. The number of nitrogens with zero attached hydrogens (tertiary/aromatic N) is 11. The summed E-state index contributed by atoms with van der Waals surface area (Å²) in [4.78, 5) is 134. The maximum absolute atomic E-state index is 14.5. The molecule has 4 aromatic rings. The third-order valence-corrected chi connectivity index (χ3v) is 17.5. The standard InChI is InChI=1S/C67H80F4N14O14/c68-66(69)31-49(33-72)84(43-66)58(87)37-76-63(95)53-15-17-74-35-55(53)45-5-11-51(12-6-45)98-29-1-19-83(20-2-30-99-52-13-7-46(8-14-52)56-36-75-18-16-54(56)64(96)77-38-59(88)85-44-67(70,71)32-50(85)34-73)65(97)47-3-9-48(10-4-47)78-57(86)39-79-21-23-80(40-60(89)90)25-27-82(42-62(93)94)28-26-81(24-22-79)41-61(91)92/h5-8,11-18,35-36,47-50H,1-4,9-10,19-32,37-44H2,(H,76,95)(H,77,96)(H,78,86)(H,89,90)(H,91,92)(H,93,94)/t47?,48?,49-,50-/m0/s1. The van der Waals surface area contributed by atoms with E-state index >= 15 is 0 Å². The van der Waals surface area contributed by atoms with Gasteiger partial charge < -0.3 is 55.4 Å². The number of carbonyl (C=O) groups excluding carboxylic acids is 6. The van der Waals surface area contributed by atoms with Crippen LogP contribution < -0.4 is 25.4 Å². The van der Waals surface area contributed by atoms with Crippen molar-refractivity contribution in [2.45, 2.75) is 81.3 Å². The third kappa shape index (κ3) is 22.6. The zero-order chi connectivity index (χ0) is 71.2. The normalized spacial score (nSPS) is 20.0. The number of amides is 6. The molecule has 32 heteroatoms. The monoisotopic (exact) mass is 1380 g/mol. The number of aliphatic carboxylic acids is 3. The molecule has 6 amide bonds. The van der Waals surface area contributed by atoms with Crippen LogP contribution in [-0.2, 0) is 33.6 Å². The molecule has 0 radical (unpaired) electrons. The molecule has 1 aliphatic carbocycles. The summed E-state index contributed by atoms with van der Waals surface area (Å²) >= 11 is 0. The topological polar surface area (TPSA) is 365 Å². The zero-order valence-electron chi connectivity index (χ0n) is 54.5. The molecule has 99 heavy (non-hydrogen) atoms. The molecular formula is C67H80F4N14O14. The van der Waals surface area contributed by atoms with E-state index < -0.39 is 104 Å². The van der Waals surface area contributed by atoms with Crippen LogP contribution in [0.5, 0.6) is 11.5 Å². The molecule has 3 saturated heterocycles. The molecule has 8 rings (SSSR count). The van der Waals surface area contributed by atoms with Crippen LogP contribution in [0.15, 0.2) is 85.5 Å². The number of aromatic nitrogens is 2. The number of alkyl halides is 4. The number of benzene rings is 2. The van der Waals surface area contributed by atoms with Gasteiger partial charge in [0.2, 0.25) is 23.6 Å². The number of carboxylic acid groups (broad SMARTS) is 3. The summed E-state index contributed by atoms with van der Waals surface area (Å²) in [6.07, 6.45) is 6.84. The highest BCUT2D eigenvalue weighted by Gasteiger charge is 2.48. The minimum Gasteiger partial charge on any atom is -0.494 e. The van der Waals surface area contributed by atoms with Gasteiger partial charge in [0.05, 0.1) is 88.8 Å². The number of hydrogen-bond acceptors (Lipinski definition) is 19. The first-order chi connectivity index (χ1) is 47.4. The maximum atomic E-state index is 14.5. The minimum absolute atomic E-state index is 0.0649. The van der Waals surface area contributed by atoms with Crippen LogP contribution in [0.25, 0.3) is 22.3 Å². The third-order valence-electron chi connectivity index (χ3n) is 17.5. The average Bonchev–Trinajstić information content (AvgIpc) is 1.81. The number of hydrogen-bond donors (Lipinski definition) is 6. The Morgan fingerprint density at radius 1 is 0.545 bits per heavy atom. The molecule has 5 heterocycles. The van der Waals surface area contributed by atoms with Crippen molar-refractivity contribution in [1.29, 1.82) is 10.5 Å². The Morgan fingerprint density at radius 2 is 0.919 bits per heavy atom. The number of pyridine rings is 2. The van der Waals surface area contributed by atoms with Gasteiger partial charge in [0.15, 0.2) is 0 Å². The summed E-state index contributed by atoms with van der Waals surface area (Å²) in [5, 5.41) is 55.5. The van der Waals surface area contributed by atoms with Crippen molar-refractivity contribution in [3.8, 4) is 45.9 Å². The first kappa shape index (κ1) is 74.9. The predicted octanol–water partition coefficient (Wildman–Crippen LogP) is 3.01. The summed E-state index contributed by atoms with van der Waals surface area (Å²) in [7, 11) is 0. The number of likely N-dealkylation sites (tertiary alicyclic amines) is 2. The molecule has 2 aromatic carbocycles. The molecular weight excluding hydrogens is 1300 g/mol. The van der Waals surface area contributed by atoms with Crippen LogP contribution in [0.2, 0.25) is 0 Å². The van der Waals surface area contributed by atoms with Crippen molar-refractivity contribution in [3.05, 3.63) is 96.6 Å². The lowest BCUT2D eigenvalue weighted by molar-refractivity contribution is -0.140. The quantitative estimate of drug-likeness (QED) is 0.0351. The van der Waals surface area contributed by atoms with E-state index in [9.17, 15) is 86.6 Å². The largest absolute Gasteiger partial charge is 0.494 e. The van der Waals surface area contributed by atoms with E-state index in [1.54, 1.807) is 80.3 Å². The van der Waals surface area contributed by atoms with E-state index in [4.69, 9.17) is 9.47 Å². The number of nitriles is 2. The SMILES string of the molecule is N#C[C@@H]1CC(F)(F)CN1C(=O)CNC(=O)c1ccncc1-c1ccc(OCCCN(CCCOc2ccc(-c3cnccc3C(=O)NCC(=O)N3CC(F)(F)C[C@H]3C#N)cc2)C(=O)C2CCC(NC(=O)CN3CCN(CC(=O)O)CCN(CC(=O)O)CCN(CC(=O)O)CC3)CC2)cc1. The van der Waals surface area contributed by atoms with Crippen LogP contribution in [0.3, 0.4) is 0 Å². The number of carbonyl (C=O) groups is 9. The second kappa shape index (κ2) is 35.6. The number of rotatable bonds is 28. The number of nitrogens with one attached hydrogen (secondary N) is 3. The van der Waals surface area contributed by atoms with Gasteiger partial charge in [0, 0.05) is 126 Å². The average molecular weight is 1380 g/mol. The maximum Gasteiger partial charge on any atom is 0.317 e. The smallest absolute Gasteiger partial charge is 0.317 e. The van der Waals surface area contributed by atoms with E-state index in [0.717, 1.165) is 9.80 Å². The lowest BCUT2D eigenvalue weighted by atomic mass is 9.85. The number of ether oxygens (including phenoxy) is 2. The van der Waals surface area contributed by atoms with Crippen molar-refractivity contribution in [1.82, 2.24) is 60.2 Å². The Hall–Kier alpha value is -9.89. The molecule has 4 aliphatic rings. The second-order valence-electron chi connectivity index (χ2n) is 24.8. The van der Waals surface area contributed by atoms with Gasteiger partial charge in [-0.2, -0.15) is 10.5 Å². The van der Waals surface area contributed by atoms with E-state index in [2.05, 4.69) is 25.9 Å². The van der Waals surface area contributed by atoms with Gasteiger partial charge in [-0.05, 0) is 86.1 Å². The molecule has 6 N–H and O–H groups in total. The van der Waals surface area contributed by atoms with Crippen molar-refractivity contribution < 1.29 is 85.5 Å². The minimum atomic E-state index is -3.22. The Morgan fingerprint density at radius 3 is 1.28 bits per heavy atom. The van der Waals surface area contributed by atoms with E-state index in [1.807, 2.05) is 4.90 Å². The van der Waals surface area contributed by atoms with Gasteiger partial charge in [-0.15, -0.1) is 0 Å². The first-order valence-corrected chi connectivity index (χ1v) is 32.5. The summed E-state index contributed by atoms with van der Waals surface area (Å²) in [6, 6.07) is 17.0. The molecule has 1 saturated carbocycles. The van der Waals surface area contributed by atoms with E-state index in [1.165, 1.54) is 36.9 Å². The predicted molar refractivity (Wildman–Crippen MR) is 345 cm³/mol. The second-order valence-corrected chi connectivity index (χ2v) is 24.8. The van der Waals surface area contributed by atoms with Gasteiger partial charge >= 0.3 is 17.9 Å². The van der Waals surface area contributed by atoms with Gasteiger partial charge in [-0.1, -0.05) is 24.3 Å². The first-order valence-electron chi connectivity index (χ1n) is 32.5. The molecule has 2 aromatic heterocycles. The van der Waals surface area contributed by atoms with Gasteiger partial charge in [0.1, 0.15) is 23.6 Å². The lowest BCUT2D eigenvalue weighted by Gasteiger charge is -2.34. The fourth-order valence-corrected chi connectivity index (χ4v) is 12.4. The van der Waals surface area contributed by atoms with Gasteiger partial charge in [0.25, 0.3) is 23.7 Å². The molecule has 3 aliphatic heterocycles. The molecule has 0 spiro atoms. The summed E-state index contributed by atoms with van der Waals surface area (Å²) in [6.45, 7) is -1.16.